The number of nitrogens with two attached hydrogens (primary N) is 1. The van der Waals surface area contributed by atoms with Gasteiger partial charge in [0.05, 0.1) is 11.3 Å². The average Bonchev–Trinajstić information content (AvgIpc) is 2.70. The Morgan fingerprint density at radius 1 is 1.18 bits per heavy atom. The highest BCUT2D eigenvalue weighted by molar-refractivity contribution is 6.04. The van der Waals surface area contributed by atoms with E-state index in [9.17, 15) is 14.9 Å². The number of amides is 2. The van der Waals surface area contributed by atoms with Crippen LogP contribution in [-0.4, -0.2) is 42.9 Å². The van der Waals surface area contributed by atoms with Gasteiger partial charge in [-0.25, -0.2) is 0 Å². The number of anilines is 1. The molecule has 1 aromatic carbocycles. The third kappa shape index (κ3) is 4.64. The first-order valence-electron chi connectivity index (χ1n) is 10.2. The minimum absolute atomic E-state index is 0.129. The highest BCUT2D eigenvalue weighted by Gasteiger charge is 2.46. The lowest BCUT2D eigenvalue weighted by atomic mass is 9.75. The van der Waals surface area contributed by atoms with E-state index in [1.165, 1.54) is 0 Å². The number of para-hydroxylation sites is 1. The fraction of sp³-hybridized carbons (Fsp3) is 0.591. The lowest BCUT2D eigenvalue weighted by molar-refractivity contribution is -0.151. The second-order valence-electron chi connectivity index (χ2n) is 8.04. The number of benzene rings is 1. The van der Waals surface area contributed by atoms with Crippen molar-refractivity contribution in [1.29, 1.82) is 5.26 Å². The summed E-state index contributed by atoms with van der Waals surface area (Å²) in [7, 11) is 0. The Bertz CT molecular complexity index is 732. The first-order valence-corrected chi connectivity index (χ1v) is 10.2. The van der Waals surface area contributed by atoms with Crippen molar-refractivity contribution in [2.75, 3.05) is 31.1 Å². The Morgan fingerprint density at radius 3 is 2.36 bits per heavy atom. The van der Waals surface area contributed by atoms with Gasteiger partial charge >= 0.3 is 0 Å². The van der Waals surface area contributed by atoms with Gasteiger partial charge < -0.3 is 15.5 Å². The van der Waals surface area contributed by atoms with Gasteiger partial charge in [-0.05, 0) is 37.3 Å². The fourth-order valence-electron chi connectivity index (χ4n) is 3.95. The minimum Gasteiger partial charge on any atom is -0.369 e. The van der Waals surface area contributed by atoms with Crippen LogP contribution in [0.5, 0.6) is 0 Å². The highest BCUT2D eigenvalue weighted by atomic mass is 16.2. The Hall–Kier alpha value is -2.55. The number of hydrogen-bond acceptors (Lipinski definition) is 4. The van der Waals surface area contributed by atoms with Crippen LogP contribution in [0.15, 0.2) is 24.3 Å². The van der Waals surface area contributed by atoms with E-state index in [0.29, 0.717) is 50.5 Å². The van der Waals surface area contributed by atoms with Crippen molar-refractivity contribution in [2.45, 2.75) is 46.5 Å². The molecule has 1 fully saturated rings. The summed E-state index contributed by atoms with van der Waals surface area (Å²) in [4.78, 5) is 29.7. The molecule has 1 aliphatic rings. The third-order valence-corrected chi connectivity index (χ3v) is 5.64. The number of carbonyl (C=O) groups is 2. The molecule has 2 N–H and O–H groups in total. The fourth-order valence-corrected chi connectivity index (χ4v) is 3.95. The molecule has 2 amide bonds. The number of nitrogens with zero attached hydrogens (tertiary/aromatic N) is 3. The summed E-state index contributed by atoms with van der Waals surface area (Å²) in [6.45, 7) is 8.49. The van der Waals surface area contributed by atoms with Crippen LogP contribution in [0.4, 0.5) is 5.69 Å². The molecule has 6 nitrogen and oxygen atoms in total. The maximum atomic E-state index is 13.4. The maximum absolute atomic E-state index is 13.4. The molecule has 2 rings (SSSR count). The summed E-state index contributed by atoms with van der Waals surface area (Å²) >= 11 is 0. The van der Waals surface area contributed by atoms with Crippen molar-refractivity contribution < 1.29 is 9.59 Å². The lowest BCUT2D eigenvalue weighted by Crippen LogP contribution is -2.57. The van der Waals surface area contributed by atoms with Crippen LogP contribution >= 0.6 is 0 Å². The molecule has 0 radical (unpaired) electrons. The molecule has 1 unspecified atom stereocenters. The number of hydrogen-bond donors (Lipinski definition) is 1. The quantitative estimate of drug-likeness (QED) is 0.698. The molecule has 6 heteroatoms. The Morgan fingerprint density at radius 2 is 1.82 bits per heavy atom. The summed E-state index contributed by atoms with van der Waals surface area (Å²) < 4.78 is 0. The zero-order valence-electron chi connectivity index (χ0n) is 17.3. The van der Waals surface area contributed by atoms with Crippen molar-refractivity contribution in [3.8, 4) is 6.07 Å². The van der Waals surface area contributed by atoms with Gasteiger partial charge in [0.1, 0.15) is 11.5 Å². The van der Waals surface area contributed by atoms with Crippen molar-refractivity contribution >= 4 is 17.5 Å². The second-order valence-corrected chi connectivity index (χ2v) is 8.04. The number of rotatable bonds is 8. The molecular weight excluding hydrogens is 352 g/mol. The topological polar surface area (TPSA) is 90.4 Å². The monoisotopic (exact) mass is 384 g/mol. The Kier molecular flexibility index (Phi) is 7.45. The Balaban J connectivity index is 2.15. The van der Waals surface area contributed by atoms with Crippen LogP contribution in [0, 0.1) is 22.7 Å². The maximum Gasteiger partial charge on any atom is 0.238 e. The van der Waals surface area contributed by atoms with Gasteiger partial charge in [0.25, 0.3) is 0 Å². The van der Waals surface area contributed by atoms with Crippen molar-refractivity contribution in [2.24, 2.45) is 17.1 Å². The van der Waals surface area contributed by atoms with Crippen molar-refractivity contribution in [3.05, 3.63) is 29.8 Å². The number of carbonyl (C=O) groups excluding carboxylic acids is 2. The minimum atomic E-state index is -1.11. The molecule has 0 bridgehead atoms. The summed E-state index contributed by atoms with van der Waals surface area (Å²) in [5, 5.41) is 9.33. The normalized spacial score (nSPS) is 16.5. The molecule has 1 heterocycles. The zero-order valence-corrected chi connectivity index (χ0v) is 17.3. The molecule has 1 atom stereocenters. The predicted octanol–water partition coefficient (Wildman–Crippen LogP) is 2.91. The van der Waals surface area contributed by atoms with Crippen LogP contribution in [0.1, 0.15) is 52.0 Å². The van der Waals surface area contributed by atoms with Crippen LogP contribution in [0.3, 0.4) is 0 Å². The molecule has 0 saturated carbocycles. The largest absolute Gasteiger partial charge is 0.369 e. The molecule has 152 valence electrons. The number of nitriles is 1. The van der Waals surface area contributed by atoms with E-state index >= 15 is 0 Å². The van der Waals surface area contributed by atoms with E-state index < -0.39 is 11.3 Å². The van der Waals surface area contributed by atoms with Gasteiger partial charge in [-0.3, -0.25) is 9.59 Å². The number of piperazine rings is 1. The summed E-state index contributed by atoms with van der Waals surface area (Å²) in [6, 6.07) is 9.73. The van der Waals surface area contributed by atoms with Crippen LogP contribution < -0.4 is 10.6 Å². The first-order chi connectivity index (χ1) is 13.4. The summed E-state index contributed by atoms with van der Waals surface area (Å²) in [6.07, 6.45) is 2.53. The standard InChI is InChI=1S/C22H32N4O2/c1-4-10-22(20(24)27,11-9-17(2)3)21(28)26-14-12-25(13-15-26)19-8-6-5-7-18(19)16-23/h5-8,17H,4,9-15H2,1-3H3,(H2,24,27). The SMILES string of the molecule is CCCC(CCC(C)C)(C(N)=O)C(=O)N1CCN(c2ccccc2C#N)CC1. The van der Waals surface area contributed by atoms with E-state index in [0.717, 1.165) is 18.5 Å². The molecule has 0 aromatic heterocycles. The van der Waals surface area contributed by atoms with E-state index in [-0.39, 0.29) is 5.91 Å². The third-order valence-electron chi connectivity index (χ3n) is 5.64. The van der Waals surface area contributed by atoms with E-state index in [1.807, 2.05) is 25.1 Å². The average molecular weight is 385 g/mol. The van der Waals surface area contributed by atoms with Gasteiger partial charge in [-0.1, -0.05) is 39.3 Å². The van der Waals surface area contributed by atoms with E-state index in [2.05, 4.69) is 24.8 Å². The van der Waals surface area contributed by atoms with Gasteiger partial charge in [0, 0.05) is 26.2 Å². The lowest BCUT2D eigenvalue weighted by Gasteiger charge is -2.41. The van der Waals surface area contributed by atoms with Gasteiger partial charge in [0.2, 0.25) is 11.8 Å². The van der Waals surface area contributed by atoms with Crippen LogP contribution in [0.2, 0.25) is 0 Å². The summed E-state index contributed by atoms with van der Waals surface area (Å²) in [5.41, 5.74) is 6.20. The van der Waals surface area contributed by atoms with Gasteiger partial charge in [-0.2, -0.15) is 5.26 Å². The van der Waals surface area contributed by atoms with Crippen LogP contribution in [0.25, 0.3) is 0 Å². The second kappa shape index (κ2) is 9.59. The van der Waals surface area contributed by atoms with Gasteiger partial charge in [-0.15, -0.1) is 0 Å². The van der Waals surface area contributed by atoms with Crippen molar-refractivity contribution in [3.63, 3.8) is 0 Å². The molecule has 28 heavy (non-hydrogen) atoms. The van der Waals surface area contributed by atoms with E-state index in [1.54, 1.807) is 11.0 Å². The number of primary amides is 1. The first kappa shape index (κ1) is 21.7. The molecule has 1 aliphatic heterocycles. The van der Waals surface area contributed by atoms with Crippen LogP contribution in [-0.2, 0) is 9.59 Å². The molecule has 1 saturated heterocycles. The smallest absolute Gasteiger partial charge is 0.238 e. The summed E-state index contributed by atoms with van der Waals surface area (Å²) in [5.74, 6) is -0.226. The predicted molar refractivity (Wildman–Crippen MR) is 111 cm³/mol. The molecule has 1 aromatic rings. The molecule has 0 aliphatic carbocycles. The zero-order chi connectivity index (χ0) is 20.7. The van der Waals surface area contributed by atoms with Crippen molar-refractivity contribution in [1.82, 2.24) is 4.90 Å². The molecular formula is C22H32N4O2. The van der Waals surface area contributed by atoms with E-state index in [4.69, 9.17) is 5.73 Å². The van der Waals surface area contributed by atoms with Gasteiger partial charge in [0.15, 0.2) is 0 Å². The Labute approximate surface area is 168 Å². The highest BCUT2D eigenvalue weighted by Crippen LogP contribution is 2.34. The molecule has 0 spiro atoms.